The van der Waals surface area contributed by atoms with Crippen molar-refractivity contribution in [3.63, 3.8) is 0 Å². The van der Waals surface area contributed by atoms with E-state index in [-0.39, 0.29) is 0 Å². The fourth-order valence-electron chi connectivity index (χ4n) is 2.80. The highest BCUT2D eigenvalue weighted by Crippen LogP contribution is 2.38. The second kappa shape index (κ2) is 4.36. The molecule has 0 saturated heterocycles. The number of hydrogen-bond donors (Lipinski definition) is 1. The van der Waals surface area contributed by atoms with Gasteiger partial charge in [0.25, 0.3) is 0 Å². The molecule has 0 saturated carbocycles. The minimum atomic E-state index is 0.693. The molecular weight excluding hydrogens is 182 g/mol. The van der Waals surface area contributed by atoms with Crippen LogP contribution in [0.2, 0.25) is 0 Å². The van der Waals surface area contributed by atoms with E-state index in [0.29, 0.717) is 5.92 Å². The fraction of sp³-hybridized carbons (Fsp3) is 0.571. The quantitative estimate of drug-likeness (QED) is 0.785. The SMILES string of the molecule is Cc1ccc2c(c1)C(CCN)C(C)CC2. The molecule has 82 valence electrons. The van der Waals surface area contributed by atoms with Gasteiger partial charge in [-0.3, -0.25) is 0 Å². The van der Waals surface area contributed by atoms with Gasteiger partial charge >= 0.3 is 0 Å². The molecule has 1 aliphatic rings. The van der Waals surface area contributed by atoms with Gasteiger partial charge < -0.3 is 5.73 Å². The first-order valence-electron chi connectivity index (χ1n) is 6.02. The van der Waals surface area contributed by atoms with Crippen molar-refractivity contribution in [1.29, 1.82) is 0 Å². The number of fused-ring (bicyclic) bond motifs is 1. The predicted octanol–water partition coefficient (Wildman–Crippen LogP) is 3.01. The summed E-state index contributed by atoms with van der Waals surface area (Å²) in [6.45, 7) is 5.35. The van der Waals surface area contributed by atoms with Crippen LogP contribution in [0.3, 0.4) is 0 Å². The Bertz CT molecular complexity index is 343. The summed E-state index contributed by atoms with van der Waals surface area (Å²) < 4.78 is 0. The van der Waals surface area contributed by atoms with E-state index >= 15 is 0 Å². The molecule has 2 N–H and O–H groups in total. The van der Waals surface area contributed by atoms with Crippen molar-refractivity contribution < 1.29 is 0 Å². The molecule has 0 aliphatic heterocycles. The molecule has 1 aliphatic carbocycles. The van der Waals surface area contributed by atoms with Crippen LogP contribution in [0, 0.1) is 12.8 Å². The summed E-state index contributed by atoms with van der Waals surface area (Å²) >= 11 is 0. The molecule has 2 unspecified atom stereocenters. The van der Waals surface area contributed by atoms with Crippen molar-refractivity contribution in [3.8, 4) is 0 Å². The normalized spacial score (nSPS) is 25.0. The third kappa shape index (κ3) is 2.07. The summed E-state index contributed by atoms with van der Waals surface area (Å²) in [6.07, 6.45) is 3.70. The number of nitrogens with two attached hydrogens (primary N) is 1. The fourth-order valence-corrected chi connectivity index (χ4v) is 2.80. The van der Waals surface area contributed by atoms with Gasteiger partial charge in [0.1, 0.15) is 0 Å². The largest absolute Gasteiger partial charge is 0.330 e. The Morgan fingerprint density at radius 2 is 2.20 bits per heavy atom. The lowest BCUT2D eigenvalue weighted by atomic mass is 9.74. The van der Waals surface area contributed by atoms with E-state index in [4.69, 9.17) is 5.73 Å². The van der Waals surface area contributed by atoms with E-state index in [1.807, 2.05) is 0 Å². The Hall–Kier alpha value is -0.820. The topological polar surface area (TPSA) is 26.0 Å². The van der Waals surface area contributed by atoms with Crippen LogP contribution in [0.4, 0.5) is 0 Å². The lowest BCUT2D eigenvalue weighted by molar-refractivity contribution is 0.387. The second-order valence-electron chi connectivity index (χ2n) is 4.90. The van der Waals surface area contributed by atoms with E-state index in [9.17, 15) is 0 Å². The lowest BCUT2D eigenvalue weighted by Gasteiger charge is -2.31. The summed E-state index contributed by atoms with van der Waals surface area (Å²) in [7, 11) is 0. The maximum atomic E-state index is 5.72. The first-order chi connectivity index (χ1) is 7.22. The maximum absolute atomic E-state index is 5.72. The summed E-state index contributed by atoms with van der Waals surface area (Å²) in [5.74, 6) is 1.49. The van der Waals surface area contributed by atoms with E-state index in [1.54, 1.807) is 11.1 Å². The van der Waals surface area contributed by atoms with Crippen molar-refractivity contribution in [2.45, 2.75) is 39.0 Å². The van der Waals surface area contributed by atoms with E-state index in [0.717, 1.165) is 18.9 Å². The molecule has 1 aromatic rings. The van der Waals surface area contributed by atoms with Crippen molar-refractivity contribution >= 4 is 0 Å². The summed E-state index contributed by atoms with van der Waals surface area (Å²) in [6, 6.07) is 6.90. The van der Waals surface area contributed by atoms with Gasteiger partial charge in [0.05, 0.1) is 0 Å². The molecule has 0 spiro atoms. The first-order valence-corrected chi connectivity index (χ1v) is 6.02. The molecule has 2 atom stereocenters. The average Bonchev–Trinajstić information content (AvgIpc) is 2.23. The monoisotopic (exact) mass is 203 g/mol. The van der Waals surface area contributed by atoms with E-state index < -0.39 is 0 Å². The summed E-state index contributed by atoms with van der Waals surface area (Å²) in [5, 5.41) is 0. The van der Waals surface area contributed by atoms with Crippen LogP contribution in [0.25, 0.3) is 0 Å². The number of benzene rings is 1. The molecule has 2 rings (SSSR count). The minimum Gasteiger partial charge on any atom is -0.330 e. The molecule has 0 amide bonds. The minimum absolute atomic E-state index is 0.693. The highest BCUT2D eigenvalue weighted by Gasteiger charge is 2.25. The van der Waals surface area contributed by atoms with Gasteiger partial charge in [0.2, 0.25) is 0 Å². The molecule has 0 heterocycles. The van der Waals surface area contributed by atoms with Crippen LogP contribution >= 0.6 is 0 Å². The van der Waals surface area contributed by atoms with Crippen LogP contribution in [0.15, 0.2) is 18.2 Å². The lowest BCUT2D eigenvalue weighted by Crippen LogP contribution is -2.21. The first kappa shape index (κ1) is 10.7. The summed E-state index contributed by atoms with van der Waals surface area (Å²) in [5.41, 5.74) is 10.2. The highest BCUT2D eigenvalue weighted by atomic mass is 14.5. The molecule has 0 aromatic heterocycles. The Balaban J connectivity index is 2.36. The Labute approximate surface area is 92.7 Å². The highest BCUT2D eigenvalue weighted by molar-refractivity contribution is 5.36. The molecule has 1 heteroatoms. The van der Waals surface area contributed by atoms with Gasteiger partial charge in [0, 0.05) is 0 Å². The number of aryl methyl sites for hydroxylation is 2. The molecular formula is C14H21N. The van der Waals surface area contributed by atoms with Crippen LogP contribution in [0.1, 0.15) is 42.4 Å². The van der Waals surface area contributed by atoms with Crippen LogP contribution in [0.5, 0.6) is 0 Å². The van der Waals surface area contributed by atoms with Crippen molar-refractivity contribution in [2.24, 2.45) is 11.7 Å². The molecule has 15 heavy (non-hydrogen) atoms. The van der Waals surface area contributed by atoms with Crippen molar-refractivity contribution in [1.82, 2.24) is 0 Å². The standard InChI is InChI=1S/C14H21N/c1-10-3-5-12-6-4-11(2)13(7-8-15)14(12)9-10/h3,5,9,11,13H,4,6-8,15H2,1-2H3. The van der Waals surface area contributed by atoms with Gasteiger partial charge in [-0.15, -0.1) is 0 Å². The van der Waals surface area contributed by atoms with Crippen LogP contribution < -0.4 is 5.73 Å². The molecule has 0 fully saturated rings. The van der Waals surface area contributed by atoms with Crippen LogP contribution in [-0.2, 0) is 6.42 Å². The van der Waals surface area contributed by atoms with Gasteiger partial charge in [-0.1, -0.05) is 30.7 Å². The molecule has 1 nitrogen and oxygen atoms in total. The number of hydrogen-bond acceptors (Lipinski definition) is 1. The Morgan fingerprint density at radius 3 is 2.93 bits per heavy atom. The average molecular weight is 203 g/mol. The van der Waals surface area contributed by atoms with Gasteiger partial charge in [0.15, 0.2) is 0 Å². The Morgan fingerprint density at radius 1 is 1.40 bits per heavy atom. The zero-order chi connectivity index (χ0) is 10.8. The third-order valence-corrected chi connectivity index (χ3v) is 3.73. The second-order valence-corrected chi connectivity index (χ2v) is 4.90. The smallest absolute Gasteiger partial charge is 0.00713 e. The molecule has 1 aromatic carbocycles. The van der Waals surface area contributed by atoms with E-state index in [1.165, 1.54) is 18.4 Å². The molecule has 0 radical (unpaired) electrons. The molecule has 0 bridgehead atoms. The van der Waals surface area contributed by atoms with Crippen molar-refractivity contribution in [3.05, 3.63) is 34.9 Å². The van der Waals surface area contributed by atoms with Crippen LogP contribution in [-0.4, -0.2) is 6.54 Å². The van der Waals surface area contributed by atoms with Gasteiger partial charge in [-0.25, -0.2) is 0 Å². The third-order valence-electron chi connectivity index (χ3n) is 3.73. The van der Waals surface area contributed by atoms with Gasteiger partial charge in [-0.2, -0.15) is 0 Å². The van der Waals surface area contributed by atoms with Crippen molar-refractivity contribution in [2.75, 3.05) is 6.54 Å². The van der Waals surface area contributed by atoms with Gasteiger partial charge in [-0.05, 0) is 55.7 Å². The number of rotatable bonds is 2. The summed E-state index contributed by atoms with van der Waals surface area (Å²) in [4.78, 5) is 0. The maximum Gasteiger partial charge on any atom is -0.00713 e. The zero-order valence-corrected chi connectivity index (χ0v) is 9.79. The van der Waals surface area contributed by atoms with E-state index in [2.05, 4.69) is 32.0 Å². The zero-order valence-electron chi connectivity index (χ0n) is 9.79. The predicted molar refractivity (Wildman–Crippen MR) is 65.1 cm³/mol. The Kier molecular flexibility index (Phi) is 3.11.